The first-order chi connectivity index (χ1) is 11.0. The van der Waals surface area contributed by atoms with E-state index in [2.05, 4.69) is 0 Å². The number of benzene rings is 2. The van der Waals surface area contributed by atoms with Crippen LogP contribution in [0.25, 0.3) is 0 Å². The molecule has 1 unspecified atom stereocenters. The lowest BCUT2D eigenvalue weighted by molar-refractivity contribution is 0.0732. The fraction of sp³-hybridized carbons (Fsp3) is 0.235. The third kappa shape index (κ3) is 3.01. The van der Waals surface area contributed by atoms with E-state index in [4.69, 9.17) is 19.4 Å². The fourth-order valence-corrected chi connectivity index (χ4v) is 3.11. The van der Waals surface area contributed by atoms with Gasteiger partial charge in [-0.2, -0.15) is 0 Å². The van der Waals surface area contributed by atoms with Crippen LogP contribution in [0.3, 0.4) is 0 Å². The van der Waals surface area contributed by atoms with Gasteiger partial charge in [-0.15, -0.1) is 0 Å². The molecule has 1 amide bonds. The lowest BCUT2D eigenvalue weighted by Crippen LogP contribution is -2.30. The minimum absolute atomic E-state index is 0.0365. The zero-order valence-electron chi connectivity index (χ0n) is 12.4. The molecule has 1 aliphatic heterocycles. The van der Waals surface area contributed by atoms with Gasteiger partial charge < -0.3 is 15.1 Å². The first-order valence-corrected chi connectivity index (χ1v) is 7.73. The van der Waals surface area contributed by atoms with Crippen molar-refractivity contribution in [1.29, 1.82) is 0 Å². The first-order valence-electron chi connectivity index (χ1n) is 7.35. The lowest BCUT2D eigenvalue weighted by Gasteiger charge is -2.25. The Bertz CT molecular complexity index is 748. The van der Waals surface area contributed by atoms with E-state index in [-0.39, 0.29) is 34.0 Å². The Kier molecular flexibility index (Phi) is 4.22. The van der Waals surface area contributed by atoms with Gasteiger partial charge in [-0.3, -0.25) is 4.79 Å². The molecule has 6 heteroatoms. The summed E-state index contributed by atoms with van der Waals surface area (Å²) in [7, 11) is 5.71. The number of halogens is 1. The number of carbonyl (C=O) groups is 1. The number of phenolic OH excluding ortho intramolecular Hbond substituents is 2. The summed E-state index contributed by atoms with van der Waals surface area (Å²) in [5.41, 5.74) is 1.78. The van der Waals surface area contributed by atoms with Crippen molar-refractivity contribution in [2.45, 2.75) is 18.9 Å². The summed E-state index contributed by atoms with van der Waals surface area (Å²) < 4.78 is 0. The molecule has 1 fully saturated rings. The number of amides is 1. The molecule has 2 N–H and O–H groups in total. The Morgan fingerprint density at radius 1 is 1.17 bits per heavy atom. The molecule has 0 spiro atoms. The van der Waals surface area contributed by atoms with Crippen LogP contribution in [0.4, 0.5) is 0 Å². The van der Waals surface area contributed by atoms with Gasteiger partial charge in [-0.1, -0.05) is 41.3 Å². The third-order valence-electron chi connectivity index (χ3n) is 4.13. The molecule has 1 aliphatic rings. The van der Waals surface area contributed by atoms with Crippen molar-refractivity contribution in [3.63, 3.8) is 0 Å². The first kappa shape index (κ1) is 15.7. The van der Waals surface area contributed by atoms with E-state index in [1.165, 1.54) is 6.07 Å². The number of phenols is 2. The van der Waals surface area contributed by atoms with Gasteiger partial charge in [0.15, 0.2) is 0 Å². The van der Waals surface area contributed by atoms with E-state index < -0.39 is 0 Å². The molecule has 0 aliphatic carbocycles. The van der Waals surface area contributed by atoms with Crippen molar-refractivity contribution < 1.29 is 15.0 Å². The monoisotopic (exact) mass is 327 g/mol. The maximum absolute atomic E-state index is 12.8. The molecule has 4 nitrogen and oxygen atoms in total. The third-order valence-corrected chi connectivity index (χ3v) is 4.43. The fourth-order valence-electron chi connectivity index (χ4n) is 2.95. The lowest BCUT2D eigenvalue weighted by atomic mass is 9.93. The Labute approximate surface area is 140 Å². The summed E-state index contributed by atoms with van der Waals surface area (Å²) in [5.74, 6) is -0.833. The van der Waals surface area contributed by atoms with Crippen LogP contribution >= 0.6 is 11.6 Å². The molecule has 1 atom stereocenters. The molecule has 23 heavy (non-hydrogen) atoms. The van der Waals surface area contributed by atoms with E-state index in [9.17, 15) is 15.0 Å². The molecule has 116 valence electrons. The number of carbonyl (C=O) groups excluding carboxylic acids is 1. The van der Waals surface area contributed by atoms with Crippen molar-refractivity contribution in [2.24, 2.45) is 0 Å². The van der Waals surface area contributed by atoms with Crippen LogP contribution in [0, 0.1) is 0 Å². The molecule has 0 aromatic heterocycles. The van der Waals surface area contributed by atoms with Crippen molar-refractivity contribution in [2.75, 3.05) is 6.54 Å². The van der Waals surface area contributed by atoms with E-state index in [1.54, 1.807) is 4.90 Å². The second-order valence-corrected chi connectivity index (χ2v) is 6.05. The molecule has 2 aromatic rings. The highest BCUT2D eigenvalue weighted by Crippen LogP contribution is 2.36. The molecular weight excluding hydrogens is 312 g/mol. The molecule has 3 rings (SSSR count). The van der Waals surface area contributed by atoms with Crippen molar-refractivity contribution in [1.82, 2.24) is 4.90 Å². The number of rotatable bonds is 2. The van der Waals surface area contributed by atoms with Crippen LogP contribution in [-0.2, 0) is 0 Å². The Morgan fingerprint density at radius 2 is 1.87 bits per heavy atom. The van der Waals surface area contributed by atoms with Crippen LogP contribution in [-0.4, -0.2) is 35.4 Å². The standard InChI is InChI=1S/C17H15BClNO3/c18-11-5-3-10(4-6-11)14-2-1-7-20(14)17(23)12-8-13(19)16(22)9-15(12)21/h3-6,8-9,14,21-22H,1-2,7H2. The Hall–Kier alpha value is -2.14. The number of aromatic hydroxyl groups is 2. The maximum atomic E-state index is 12.8. The summed E-state index contributed by atoms with van der Waals surface area (Å²) >= 11 is 5.86. The molecule has 0 bridgehead atoms. The smallest absolute Gasteiger partial charge is 0.258 e. The predicted octanol–water partition coefficient (Wildman–Crippen LogP) is 2.52. The largest absolute Gasteiger partial charge is 0.507 e. The van der Waals surface area contributed by atoms with Crippen LogP contribution < -0.4 is 5.46 Å². The van der Waals surface area contributed by atoms with Gasteiger partial charge in [0.05, 0.1) is 16.6 Å². The van der Waals surface area contributed by atoms with Crippen LogP contribution in [0.2, 0.25) is 5.02 Å². The molecular formula is C17H15BClNO3. The highest BCUT2D eigenvalue weighted by molar-refractivity contribution is 6.32. The van der Waals surface area contributed by atoms with E-state index >= 15 is 0 Å². The second-order valence-electron chi connectivity index (χ2n) is 5.64. The minimum atomic E-state index is -0.302. The summed E-state index contributed by atoms with van der Waals surface area (Å²) in [4.78, 5) is 14.5. The molecule has 1 saturated heterocycles. The highest BCUT2D eigenvalue weighted by Gasteiger charge is 2.32. The van der Waals surface area contributed by atoms with Gasteiger partial charge in [-0.05, 0) is 24.5 Å². The van der Waals surface area contributed by atoms with Crippen molar-refractivity contribution >= 4 is 30.8 Å². The van der Waals surface area contributed by atoms with Crippen LogP contribution in [0.1, 0.15) is 34.8 Å². The van der Waals surface area contributed by atoms with E-state index in [0.717, 1.165) is 24.5 Å². The number of likely N-dealkylation sites (tertiary alicyclic amines) is 1. The summed E-state index contributed by atoms with van der Waals surface area (Å²) in [6.45, 7) is 0.603. The van der Waals surface area contributed by atoms with Gasteiger partial charge >= 0.3 is 0 Å². The Morgan fingerprint density at radius 3 is 2.57 bits per heavy atom. The number of nitrogens with zero attached hydrogens (tertiary/aromatic N) is 1. The zero-order valence-corrected chi connectivity index (χ0v) is 13.1. The normalized spacial score (nSPS) is 17.4. The van der Waals surface area contributed by atoms with Gasteiger partial charge in [0.1, 0.15) is 19.3 Å². The van der Waals surface area contributed by atoms with E-state index in [1.807, 2.05) is 24.3 Å². The topological polar surface area (TPSA) is 60.8 Å². The van der Waals surface area contributed by atoms with Gasteiger partial charge in [-0.25, -0.2) is 0 Å². The zero-order chi connectivity index (χ0) is 16.6. The van der Waals surface area contributed by atoms with Crippen molar-refractivity contribution in [3.8, 4) is 11.5 Å². The summed E-state index contributed by atoms with van der Waals surface area (Å²) in [5, 5.41) is 19.5. The second kappa shape index (κ2) is 6.16. The van der Waals surface area contributed by atoms with Crippen LogP contribution in [0.5, 0.6) is 11.5 Å². The molecule has 1 heterocycles. The summed E-state index contributed by atoms with van der Waals surface area (Å²) in [6.07, 6.45) is 1.73. The minimum Gasteiger partial charge on any atom is -0.507 e. The maximum Gasteiger partial charge on any atom is 0.258 e. The number of hydrogen-bond donors (Lipinski definition) is 2. The molecule has 2 aromatic carbocycles. The molecule has 2 radical (unpaired) electrons. The molecule has 0 saturated carbocycles. The van der Waals surface area contributed by atoms with Crippen molar-refractivity contribution in [3.05, 3.63) is 52.5 Å². The highest BCUT2D eigenvalue weighted by atomic mass is 35.5. The average Bonchev–Trinajstić information content (AvgIpc) is 3.00. The predicted molar refractivity (Wildman–Crippen MR) is 89.6 cm³/mol. The van der Waals surface area contributed by atoms with E-state index in [0.29, 0.717) is 12.0 Å². The van der Waals surface area contributed by atoms with Gasteiger partial charge in [0.25, 0.3) is 5.91 Å². The average molecular weight is 328 g/mol. The summed E-state index contributed by atoms with van der Waals surface area (Å²) in [6, 6.07) is 9.77. The van der Waals surface area contributed by atoms with Gasteiger partial charge in [0, 0.05) is 12.6 Å². The Balaban J connectivity index is 1.92. The van der Waals surface area contributed by atoms with Crippen LogP contribution in [0.15, 0.2) is 36.4 Å². The number of hydrogen-bond acceptors (Lipinski definition) is 3. The van der Waals surface area contributed by atoms with Gasteiger partial charge in [0.2, 0.25) is 0 Å². The quantitative estimate of drug-likeness (QED) is 0.833. The SMILES string of the molecule is [B]c1ccc(C2CCCN2C(=O)c2cc(Cl)c(O)cc2O)cc1.